The van der Waals surface area contributed by atoms with Gasteiger partial charge in [0, 0.05) is 16.4 Å². The number of hydrogen-bond donors (Lipinski definition) is 1. The van der Waals surface area contributed by atoms with E-state index < -0.39 is 0 Å². The first kappa shape index (κ1) is 19.2. The number of rotatable bonds is 4. The number of halogens is 2. The van der Waals surface area contributed by atoms with Crippen LogP contribution in [0.1, 0.15) is 17.1 Å². The molecule has 0 aliphatic heterocycles. The average Bonchev–Trinajstić information content (AvgIpc) is 2.93. The third-order valence-corrected chi connectivity index (χ3v) is 5.20. The van der Waals surface area contributed by atoms with Gasteiger partial charge in [-0.2, -0.15) is 0 Å². The summed E-state index contributed by atoms with van der Waals surface area (Å²) >= 11 is 6.18. The van der Waals surface area contributed by atoms with E-state index in [1.807, 2.05) is 25.3 Å². The Labute approximate surface area is 173 Å². The summed E-state index contributed by atoms with van der Waals surface area (Å²) in [6.07, 6.45) is 0. The van der Waals surface area contributed by atoms with Crippen LogP contribution in [0.3, 0.4) is 0 Å². The molecule has 2 aromatic carbocycles. The first-order valence-corrected chi connectivity index (χ1v) is 9.49. The van der Waals surface area contributed by atoms with Gasteiger partial charge in [0.15, 0.2) is 5.65 Å². The zero-order chi connectivity index (χ0) is 20.7. The maximum Gasteiger partial charge on any atom is 0.150 e. The summed E-state index contributed by atoms with van der Waals surface area (Å²) in [5, 5.41) is 4.83. The van der Waals surface area contributed by atoms with Crippen LogP contribution >= 0.6 is 11.6 Å². The third-order valence-electron chi connectivity index (χ3n) is 4.97. The van der Waals surface area contributed by atoms with Crippen LogP contribution in [0.5, 0.6) is 5.75 Å². The Morgan fingerprint density at radius 2 is 1.76 bits per heavy atom. The Kier molecular flexibility index (Phi) is 4.88. The van der Waals surface area contributed by atoms with E-state index in [9.17, 15) is 4.39 Å². The maximum atomic E-state index is 13.4. The smallest absolute Gasteiger partial charge is 0.150 e. The molecule has 0 fully saturated rings. The topological polar surface area (TPSA) is 52.0 Å². The lowest BCUT2D eigenvalue weighted by Gasteiger charge is -2.13. The van der Waals surface area contributed by atoms with E-state index in [2.05, 4.69) is 15.3 Å². The van der Waals surface area contributed by atoms with Crippen molar-refractivity contribution in [2.24, 2.45) is 0 Å². The van der Waals surface area contributed by atoms with Crippen LogP contribution in [0.15, 0.2) is 42.5 Å². The molecular weight excluding hydrogens is 391 g/mol. The van der Waals surface area contributed by atoms with Crippen molar-refractivity contribution in [1.82, 2.24) is 14.5 Å². The van der Waals surface area contributed by atoms with Gasteiger partial charge in [0.25, 0.3) is 0 Å². The zero-order valence-corrected chi connectivity index (χ0v) is 17.3. The number of nitrogens with zero attached hydrogens (tertiary/aromatic N) is 3. The summed E-state index contributed by atoms with van der Waals surface area (Å²) < 4.78 is 20.9. The van der Waals surface area contributed by atoms with Crippen LogP contribution in [0, 0.1) is 26.6 Å². The number of ether oxygens (including phenoxy) is 1. The van der Waals surface area contributed by atoms with Gasteiger partial charge in [0.2, 0.25) is 0 Å². The van der Waals surface area contributed by atoms with Crippen LogP contribution in [-0.2, 0) is 0 Å². The van der Waals surface area contributed by atoms with Crippen molar-refractivity contribution in [3.8, 4) is 11.4 Å². The zero-order valence-electron chi connectivity index (χ0n) is 16.5. The second-order valence-electron chi connectivity index (χ2n) is 6.81. The third kappa shape index (κ3) is 3.40. The fourth-order valence-corrected chi connectivity index (χ4v) is 3.65. The van der Waals surface area contributed by atoms with Crippen LogP contribution in [-0.4, -0.2) is 21.6 Å². The minimum atomic E-state index is -0.277. The van der Waals surface area contributed by atoms with Crippen molar-refractivity contribution in [2.75, 3.05) is 12.4 Å². The Morgan fingerprint density at radius 3 is 2.45 bits per heavy atom. The van der Waals surface area contributed by atoms with E-state index >= 15 is 0 Å². The number of methoxy groups -OCH3 is 1. The van der Waals surface area contributed by atoms with E-state index in [-0.39, 0.29) is 5.82 Å². The van der Waals surface area contributed by atoms with E-state index in [1.54, 1.807) is 37.4 Å². The number of aromatic nitrogens is 3. The molecule has 0 unspecified atom stereocenters. The molecule has 0 bridgehead atoms. The first-order valence-electron chi connectivity index (χ1n) is 9.11. The van der Waals surface area contributed by atoms with Gasteiger partial charge in [0.1, 0.15) is 23.2 Å². The summed E-state index contributed by atoms with van der Waals surface area (Å²) in [5.74, 6) is 1.66. The molecule has 5 nitrogen and oxygen atoms in total. The quantitative estimate of drug-likeness (QED) is 0.455. The minimum Gasteiger partial charge on any atom is -0.495 e. The van der Waals surface area contributed by atoms with Crippen LogP contribution in [0.4, 0.5) is 15.9 Å². The van der Waals surface area contributed by atoms with Gasteiger partial charge in [-0.15, -0.1) is 0 Å². The fourth-order valence-electron chi connectivity index (χ4n) is 3.47. The van der Waals surface area contributed by atoms with Crippen molar-refractivity contribution < 1.29 is 9.13 Å². The van der Waals surface area contributed by atoms with E-state index in [0.29, 0.717) is 28.1 Å². The molecule has 0 saturated heterocycles. The number of benzene rings is 2. The molecule has 1 N–H and O–H groups in total. The Hall–Kier alpha value is -3.12. The predicted molar refractivity (Wildman–Crippen MR) is 114 cm³/mol. The Morgan fingerprint density at radius 1 is 1.03 bits per heavy atom. The molecule has 148 valence electrons. The van der Waals surface area contributed by atoms with Crippen molar-refractivity contribution in [1.29, 1.82) is 0 Å². The van der Waals surface area contributed by atoms with Crippen LogP contribution in [0.2, 0.25) is 5.02 Å². The van der Waals surface area contributed by atoms with Crippen molar-refractivity contribution >= 4 is 34.1 Å². The molecule has 4 aromatic rings. The fraction of sp³-hybridized carbons (Fsp3) is 0.182. The summed E-state index contributed by atoms with van der Waals surface area (Å²) in [7, 11) is 1.61. The minimum absolute atomic E-state index is 0.277. The SMILES string of the molecule is COc1ccc(Cl)cc1Nc1nc(C)nc2c1c(C)c(C)n2-c1ccc(F)cc1. The molecule has 0 aliphatic carbocycles. The largest absolute Gasteiger partial charge is 0.495 e. The van der Waals surface area contributed by atoms with Gasteiger partial charge in [-0.1, -0.05) is 11.6 Å². The lowest BCUT2D eigenvalue weighted by atomic mass is 10.2. The van der Waals surface area contributed by atoms with Gasteiger partial charge in [0.05, 0.1) is 18.2 Å². The number of fused-ring (bicyclic) bond motifs is 1. The van der Waals surface area contributed by atoms with E-state index in [1.165, 1.54) is 12.1 Å². The molecule has 0 aliphatic rings. The van der Waals surface area contributed by atoms with Crippen LogP contribution < -0.4 is 10.1 Å². The molecule has 0 radical (unpaired) electrons. The second-order valence-corrected chi connectivity index (χ2v) is 7.25. The van der Waals surface area contributed by atoms with Gasteiger partial charge >= 0.3 is 0 Å². The van der Waals surface area contributed by atoms with Gasteiger partial charge < -0.3 is 10.1 Å². The number of nitrogens with one attached hydrogen (secondary N) is 1. The maximum absolute atomic E-state index is 13.4. The van der Waals surface area contributed by atoms with E-state index in [4.69, 9.17) is 16.3 Å². The van der Waals surface area contributed by atoms with E-state index in [0.717, 1.165) is 28.0 Å². The molecule has 2 heterocycles. The normalized spacial score (nSPS) is 11.1. The molecule has 29 heavy (non-hydrogen) atoms. The molecule has 7 heteroatoms. The van der Waals surface area contributed by atoms with Gasteiger partial charge in [-0.3, -0.25) is 4.57 Å². The molecule has 0 amide bonds. The number of aryl methyl sites for hydroxylation is 2. The molecule has 0 atom stereocenters. The van der Waals surface area contributed by atoms with Crippen LogP contribution in [0.25, 0.3) is 16.7 Å². The van der Waals surface area contributed by atoms with Gasteiger partial charge in [-0.25, -0.2) is 14.4 Å². The van der Waals surface area contributed by atoms with Crippen molar-refractivity contribution in [3.63, 3.8) is 0 Å². The first-order chi connectivity index (χ1) is 13.9. The number of hydrogen-bond acceptors (Lipinski definition) is 4. The highest BCUT2D eigenvalue weighted by Crippen LogP contribution is 2.36. The Bertz CT molecular complexity index is 1220. The Balaban J connectivity index is 1.94. The summed E-state index contributed by atoms with van der Waals surface area (Å²) in [6.45, 7) is 5.88. The molecule has 0 spiro atoms. The lowest BCUT2D eigenvalue weighted by molar-refractivity contribution is 0.417. The molecule has 0 saturated carbocycles. The second kappa shape index (κ2) is 7.37. The van der Waals surface area contributed by atoms with Crippen molar-refractivity contribution in [2.45, 2.75) is 20.8 Å². The highest BCUT2D eigenvalue weighted by molar-refractivity contribution is 6.31. The lowest BCUT2D eigenvalue weighted by Crippen LogP contribution is -2.03. The highest BCUT2D eigenvalue weighted by Gasteiger charge is 2.19. The number of anilines is 2. The standard InChI is InChI=1S/C22H20ClFN4O/c1-12-13(2)28(17-8-6-16(24)7-9-17)22-20(12)21(25-14(3)26-22)27-18-11-15(23)5-10-19(18)29-4/h5-11H,1-4H3,(H,25,26,27). The highest BCUT2D eigenvalue weighted by atomic mass is 35.5. The monoisotopic (exact) mass is 410 g/mol. The molecule has 4 rings (SSSR count). The summed E-state index contributed by atoms with van der Waals surface area (Å²) in [4.78, 5) is 9.31. The van der Waals surface area contributed by atoms with Crippen molar-refractivity contribution in [3.05, 3.63) is 70.4 Å². The van der Waals surface area contributed by atoms with Gasteiger partial charge in [-0.05, 0) is 68.8 Å². The molecule has 2 aromatic heterocycles. The molecular formula is C22H20ClFN4O. The predicted octanol–water partition coefficient (Wildman–Crippen LogP) is 5.89. The summed E-state index contributed by atoms with van der Waals surface area (Å²) in [5.41, 5.74) is 4.35. The average molecular weight is 411 g/mol. The summed E-state index contributed by atoms with van der Waals surface area (Å²) in [6, 6.07) is 11.7.